The van der Waals surface area contributed by atoms with E-state index >= 15 is 0 Å². The van der Waals surface area contributed by atoms with Gasteiger partial charge in [0.2, 0.25) is 11.8 Å². The standard InChI is InChI=1S/C26H29N3O4/c1-32-23-11-10-20(16-24(23)33-2)27-26(31)19-12-14-29(15-13-19)17-25(30)28-22-9-5-7-18-6-3-4-8-21(18)22/h3-11,16,19H,12-15,17H2,1-2H3,(H,27,31)(H,28,30). The SMILES string of the molecule is COc1ccc(NC(=O)C2CCN(CC(=O)Nc3cccc4ccccc34)CC2)cc1OC. The zero-order valence-electron chi connectivity index (χ0n) is 19.0. The summed E-state index contributed by atoms with van der Waals surface area (Å²) in [6.07, 6.45) is 1.42. The molecule has 0 spiro atoms. The Labute approximate surface area is 193 Å². The number of benzene rings is 3. The molecule has 1 heterocycles. The number of hydrogen-bond acceptors (Lipinski definition) is 5. The fourth-order valence-corrected chi connectivity index (χ4v) is 4.24. The Balaban J connectivity index is 1.28. The van der Waals surface area contributed by atoms with E-state index in [-0.39, 0.29) is 17.7 Å². The molecule has 7 heteroatoms. The molecule has 172 valence electrons. The van der Waals surface area contributed by atoms with E-state index in [9.17, 15) is 9.59 Å². The quantitative estimate of drug-likeness (QED) is 0.569. The lowest BCUT2D eigenvalue weighted by Gasteiger charge is -2.30. The van der Waals surface area contributed by atoms with Gasteiger partial charge in [-0.15, -0.1) is 0 Å². The number of anilines is 2. The first-order chi connectivity index (χ1) is 16.1. The zero-order valence-corrected chi connectivity index (χ0v) is 19.0. The molecule has 1 aliphatic heterocycles. The number of carbonyl (C=O) groups is 2. The van der Waals surface area contributed by atoms with Gasteiger partial charge in [0.05, 0.1) is 20.8 Å². The second kappa shape index (κ2) is 10.4. The molecule has 0 atom stereocenters. The number of amides is 2. The van der Waals surface area contributed by atoms with Crippen LogP contribution in [0.25, 0.3) is 10.8 Å². The molecule has 0 saturated carbocycles. The van der Waals surface area contributed by atoms with Gasteiger partial charge < -0.3 is 20.1 Å². The molecule has 1 aliphatic rings. The van der Waals surface area contributed by atoms with Gasteiger partial charge in [-0.2, -0.15) is 0 Å². The van der Waals surface area contributed by atoms with Gasteiger partial charge in [-0.05, 0) is 49.5 Å². The minimum absolute atomic E-state index is 0.0120. The van der Waals surface area contributed by atoms with Gasteiger partial charge in [-0.25, -0.2) is 0 Å². The largest absolute Gasteiger partial charge is 0.493 e. The summed E-state index contributed by atoms with van der Waals surface area (Å²) in [7, 11) is 3.14. The summed E-state index contributed by atoms with van der Waals surface area (Å²) in [6, 6.07) is 19.2. The Bertz CT molecular complexity index is 1130. The van der Waals surface area contributed by atoms with Crippen LogP contribution in [0.3, 0.4) is 0 Å². The maximum atomic E-state index is 12.7. The zero-order chi connectivity index (χ0) is 23.2. The topological polar surface area (TPSA) is 79.9 Å². The average molecular weight is 448 g/mol. The summed E-state index contributed by atoms with van der Waals surface area (Å²) in [5.41, 5.74) is 1.50. The third kappa shape index (κ3) is 5.43. The van der Waals surface area contributed by atoms with Crippen LogP contribution in [0.4, 0.5) is 11.4 Å². The Morgan fingerprint density at radius 1 is 0.909 bits per heavy atom. The predicted octanol–water partition coefficient (Wildman–Crippen LogP) is 4.15. The van der Waals surface area contributed by atoms with E-state index in [1.165, 1.54) is 0 Å². The number of likely N-dealkylation sites (tertiary alicyclic amines) is 1. The molecule has 2 N–H and O–H groups in total. The Morgan fingerprint density at radius 2 is 1.64 bits per heavy atom. The van der Waals surface area contributed by atoms with Gasteiger partial charge in [0.25, 0.3) is 0 Å². The molecule has 0 aliphatic carbocycles. The van der Waals surface area contributed by atoms with Crippen LogP contribution in [0, 0.1) is 5.92 Å². The van der Waals surface area contributed by atoms with Gasteiger partial charge in [0.1, 0.15) is 0 Å². The fourth-order valence-electron chi connectivity index (χ4n) is 4.24. The molecule has 0 unspecified atom stereocenters. The Hall–Kier alpha value is -3.58. The van der Waals surface area contributed by atoms with Crippen LogP contribution in [-0.4, -0.2) is 50.6 Å². The molecule has 0 aromatic heterocycles. The molecule has 1 saturated heterocycles. The lowest BCUT2D eigenvalue weighted by Crippen LogP contribution is -2.41. The minimum atomic E-state index is -0.0875. The molecule has 7 nitrogen and oxygen atoms in total. The van der Waals surface area contributed by atoms with Crippen molar-refractivity contribution in [2.75, 3.05) is 44.5 Å². The summed E-state index contributed by atoms with van der Waals surface area (Å²) in [5.74, 6) is 1.05. The van der Waals surface area contributed by atoms with Crippen molar-refractivity contribution in [3.05, 3.63) is 60.7 Å². The van der Waals surface area contributed by atoms with E-state index in [1.807, 2.05) is 42.5 Å². The van der Waals surface area contributed by atoms with Crippen molar-refractivity contribution in [3.63, 3.8) is 0 Å². The number of nitrogens with zero attached hydrogens (tertiary/aromatic N) is 1. The van der Waals surface area contributed by atoms with E-state index < -0.39 is 0 Å². The van der Waals surface area contributed by atoms with Gasteiger partial charge in [-0.3, -0.25) is 14.5 Å². The number of hydrogen-bond donors (Lipinski definition) is 2. The molecule has 3 aromatic rings. The van der Waals surface area contributed by atoms with E-state index in [0.29, 0.717) is 49.7 Å². The van der Waals surface area contributed by atoms with Gasteiger partial charge in [0, 0.05) is 28.7 Å². The van der Waals surface area contributed by atoms with Gasteiger partial charge >= 0.3 is 0 Å². The van der Waals surface area contributed by atoms with Crippen LogP contribution in [0.15, 0.2) is 60.7 Å². The van der Waals surface area contributed by atoms with Crippen LogP contribution in [0.5, 0.6) is 11.5 Å². The number of ether oxygens (including phenoxy) is 2. The third-order valence-electron chi connectivity index (χ3n) is 6.04. The number of nitrogens with one attached hydrogen (secondary N) is 2. The van der Waals surface area contributed by atoms with E-state index in [0.717, 1.165) is 16.5 Å². The van der Waals surface area contributed by atoms with Crippen molar-refractivity contribution in [3.8, 4) is 11.5 Å². The second-order valence-electron chi connectivity index (χ2n) is 8.18. The minimum Gasteiger partial charge on any atom is -0.493 e. The second-order valence-corrected chi connectivity index (χ2v) is 8.18. The highest BCUT2D eigenvalue weighted by molar-refractivity contribution is 6.02. The van der Waals surface area contributed by atoms with Crippen LogP contribution in [0.1, 0.15) is 12.8 Å². The van der Waals surface area contributed by atoms with Crippen LogP contribution in [-0.2, 0) is 9.59 Å². The van der Waals surface area contributed by atoms with Gasteiger partial charge in [-0.1, -0.05) is 36.4 Å². The highest BCUT2D eigenvalue weighted by Gasteiger charge is 2.26. The smallest absolute Gasteiger partial charge is 0.238 e. The first-order valence-electron chi connectivity index (χ1n) is 11.1. The van der Waals surface area contributed by atoms with Crippen LogP contribution in [0.2, 0.25) is 0 Å². The number of rotatable bonds is 7. The summed E-state index contributed by atoms with van der Waals surface area (Å²) in [4.78, 5) is 27.5. The van der Waals surface area contributed by atoms with Crippen molar-refractivity contribution >= 4 is 34.0 Å². The normalized spacial score (nSPS) is 14.6. The van der Waals surface area contributed by atoms with E-state index in [1.54, 1.807) is 32.4 Å². The highest BCUT2D eigenvalue weighted by Crippen LogP contribution is 2.30. The first-order valence-corrected chi connectivity index (χ1v) is 11.1. The summed E-state index contributed by atoms with van der Waals surface area (Å²) >= 11 is 0. The molecule has 3 aromatic carbocycles. The highest BCUT2D eigenvalue weighted by atomic mass is 16.5. The van der Waals surface area contributed by atoms with E-state index in [2.05, 4.69) is 15.5 Å². The van der Waals surface area contributed by atoms with Crippen molar-refractivity contribution in [1.29, 1.82) is 0 Å². The van der Waals surface area contributed by atoms with Crippen molar-refractivity contribution in [2.24, 2.45) is 5.92 Å². The number of fused-ring (bicyclic) bond motifs is 1. The first kappa shape index (κ1) is 22.6. The Morgan fingerprint density at radius 3 is 2.39 bits per heavy atom. The maximum absolute atomic E-state index is 12.7. The summed E-state index contributed by atoms with van der Waals surface area (Å²) in [5, 5.41) is 8.13. The number of methoxy groups -OCH3 is 2. The molecule has 0 radical (unpaired) electrons. The van der Waals surface area contributed by atoms with Gasteiger partial charge in [0.15, 0.2) is 11.5 Å². The Kier molecular flexibility index (Phi) is 7.10. The van der Waals surface area contributed by atoms with Crippen molar-refractivity contribution < 1.29 is 19.1 Å². The lowest BCUT2D eigenvalue weighted by atomic mass is 9.95. The molecule has 0 bridgehead atoms. The predicted molar refractivity (Wildman–Crippen MR) is 130 cm³/mol. The molecule has 2 amide bonds. The van der Waals surface area contributed by atoms with Crippen molar-refractivity contribution in [2.45, 2.75) is 12.8 Å². The molecule has 1 fully saturated rings. The average Bonchev–Trinajstić information content (AvgIpc) is 2.84. The van der Waals surface area contributed by atoms with Crippen LogP contribution < -0.4 is 20.1 Å². The molecule has 33 heavy (non-hydrogen) atoms. The van der Waals surface area contributed by atoms with Crippen LogP contribution >= 0.6 is 0 Å². The number of carbonyl (C=O) groups excluding carboxylic acids is 2. The summed E-state index contributed by atoms with van der Waals surface area (Å²) < 4.78 is 10.5. The monoisotopic (exact) mass is 447 g/mol. The molecular weight excluding hydrogens is 418 g/mol. The maximum Gasteiger partial charge on any atom is 0.238 e. The fraction of sp³-hybridized carbons (Fsp3) is 0.308. The summed E-state index contributed by atoms with van der Waals surface area (Å²) in [6.45, 7) is 1.72. The molecular formula is C26H29N3O4. The lowest BCUT2D eigenvalue weighted by molar-refractivity contribution is -0.121. The third-order valence-corrected chi connectivity index (χ3v) is 6.04. The molecule has 4 rings (SSSR count). The van der Waals surface area contributed by atoms with Crippen molar-refractivity contribution in [1.82, 2.24) is 4.90 Å². The number of piperidine rings is 1. The van der Waals surface area contributed by atoms with E-state index in [4.69, 9.17) is 9.47 Å².